The van der Waals surface area contributed by atoms with Crippen molar-refractivity contribution in [1.29, 1.82) is 5.26 Å². The number of sulfone groups is 1. The third kappa shape index (κ3) is 5.48. The van der Waals surface area contributed by atoms with Gasteiger partial charge < -0.3 is 14.4 Å². The molecule has 0 spiro atoms. The van der Waals surface area contributed by atoms with Crippen molar-refractivity contribution in [2.45, 2.75) is 44.2 Å². The fourth-order valence-electron chi connectivity index (χ4n) is 3.96. The Labute approximate surface area is 170 Å². The smallest absolute Gasteiger partial charge is 0.344 e. The SMILES string of the molecule is N#Cc1ccccc1OCC(=O)OCC(=O)N(C1CCCC1)[C@@H]1CCS(=O)(=O)C1. The maximum atomic E-state index is 12.8. The number of nitrogens with zero attached hydrogens (tertiary/aromatic N) is 2. The van der Waals surface area contributed by atoms with Crippen LogP contribution in [0.5, 0.6) is 5.75 Å². The molecule has 0 unspecified atom stereocenters. The Bertz CT molecular complexity index is 902. The molecule has 1 aromatic rings. The highest BCUT2D eigenvalue weighted by Gasteiger charge is 2.39. The van der Waals surface area contributed by atoms with Crippen molar-refractivity contribution in [2.24, 2.45) is 0 Å². The van der Waals surface area contributed by atoms with Crippen LogP contribution in [-0.2, 0) is 24.2 Å². The van der Waals surface area contributed by atoms with Crippen LogP contribution < -0.4 is 4.74 Å². The number of carbonyl (C=O) groups excluding carboxylic acids is 2. The van der Waals surface area contributed by atoms with E-state index >= 15 is 0 Å². The first-order valence-corrected chi connectivity index (χ1v) is 11.5. The van der Waals surface area contributed by atoms with Crippen molar-refractivity contribution in [3.8, 4) is 11.8 Å². The van der Waals surface area contributed by atoms with E-state index in [1.165, 1.54) is 0 Å². The van der Waals surface area contributed by atoms with Gasteiger partial charge in [-0.2, -0.15) is 5.26 Å². The molecular weight excluding hydrogens is 396 g/mol. The van der Waals surface area contributed by atoms with Gasteiger partial charge in [0.1, 0.15) is 11.8 Å². The Balaban J connectivity index is 1.55. The molecule has 2 aliphatic rings. The minimum Gasteiger partial charge on any atom is -0.481 e. The van der Waals surface area contributed by atoms with Gasteiger partial charge in [-0.3, -0.25) is 4.79 Å². The van der Waals surface area contributed by atoms with Gasteiger partial charge in [-0.15, -0.1) is 0 Å². The van der Waals surface area contributed by atoms with Crippen LogP contribution in [0, 0.1) is 11.3 Å². The van der Waals surface area contributed by atoms with Gasteiger partial charge in [0.15, 0.2) is 23.1 Å². The highest BCUT2D eigenvalue weighted by Crippen LogP contribution is 2.29. The Morgan fingerprint density at radius 3 is 2.48 bits per heavy atom. The van der Waals surface area contributed by atoms with E-state index in [9.17, 15) is 18.0 Å². The van der Waals surface area contributed by atoms with Crippen molar-refractivity contribution >= 4 is 21.7 Å². The molecule has 1 saturated heterocycles. The molecule has 0 N–H and O–H groups in total. The van der Waals surface area contributed by atoms with E-state index in [4.69, 9.17) is 14.7 Å². The molecule has 1 aliphatic heterocycles. The lowest BCUT2D eigenvalue weighted by Crippen LogP contribution is -2.48. The molecule has 1 heterocycles. The fourth-order valence-corrected chi connectivity index (χ4v) is 5.67. The third-order valence-corrected chi connectivity index (χ3v) is 7.07. The van der Waals surface area contributed by atoms with E-state index in [2.05, 4.69) is 0 Å². The first-order valence-electron chi connectivity index (χ1n) is 9.69. The first-order chi connectivity index (χ1) is 13.9. The molecule has 3 rings (SSSR count). The summed E-state index contributed by atoms with van der Waals surface area (Å²) in [6, 6.07) is 8.11. The van der Waals surface area contributed by atoms with Crippen LogP contribution in [0.4, 0.5) is 0 Å². The zero-order valence-corrected chi connectivity index (χ0v) is 16.9. The number of amides is 1. The van der Waals surface area contributed by atoms with Gasteiger partial charge in [-0.1, -0.05) is 25.0 Å². The van der Waals surface area contributed by atoms with E-state index in [1.807, 2.05) is 6.07 Å². The third-order valence-electron chi connectivity index (χ3n) is 5.32. The van der Waals surface area contributed by atoms with Crippen LogP contribution in [-0.4, -0.2) is 62.0 Å². The van der Waals surface area contributed by atoms with Crippen LogP contribution in [0.1, 0.15) is 37.7 Å². The molecule has 2 fully saturated rings. The van der Waals surface area contributed by atoms with E-state index in [0.717, 1.165) is 25.7 Å². The van der Waals surface area contributed by atoms with Crippen LogP contribution in [0.2, 0.25) is 0 Å². The number of benzene rings is 1. The summed E-state index contributed by atoms with van der Waals surface area (Å²) >= 11 is 0. The molecule has 0 radical (unpaired) electrons. The van der Waals surface area contributed by atoms with Gasteiger partial charge in [0.2, 0.25) is 0 Å². The topological polar surface area (TPSA) is 114 Å². The van der Waals surface area contributed by atoms with Crippen molar-refractivity contribution in [1.82, 2.24) is 4.90 Å². The molecule has 1 aliphatic carbocycles. The Kier molecular flexibility index (Phi) is 6.75. The second-order valence-corrected chi connectivity index (χ2v) is 9.58. The molecule has 1 aromatic carbocycles. The monoisotopic (exact) mass is 420 g/mol. The number of esters is 1. The minimum atomic E-state index is -3.13. The van der Waals surface area contributed by atoms with Gasteiger partial charge in [0.25, 0.3) is 5.91 Å². The predicted molar refractivity (Wildman–Crippen MR) is 104 cm³/mol. The Hall–Kier alpha value is -2.60. The summed E-state index contributed by atoms with van der Waals surface area (Å²) in [5.74, 6) is -0.777. The molecule has 1 saturated carbocycles. The van der Waals surface area contributed by atoms with E-state index < -0.39 is 29.0 Å². The second-order valence-electron chi connectivity index (χ2n) is 7.35. The van der Waals surface area contributed by atoms with Gasteiger partial charge in [-0.05, 0) is 31.4 Å². The summed E-state index contributed by atoms with van der Waals surface area (Å²) in [5, 5.41) is 9.03. The Morgan fingerprint density at radius 2 is 1.83 bits per heavy atom. The first kappa shape index (κ1) is 21.1. The van der Waals surface area contributed by atoms with E-state index in [0.29, 0.717) is 12.0 Å². The van der Waals surface area contributed by atoms with Gasteiger partial charge in [-0.25, -0.2) is 13.2 Å². The predicted octanol–water partition coefficient (Wildman–Crippen LogP) is 1.44. The lowest BCUT2D eigenvalue weighted by Gasteiger charge is -2.33. The molecule has 29 heavy (non-hydrogen) atoms. The summed E-state index contributed by atoms with van der Waals surface area (Å²) in [5.41, 5.74) is 0.297. The number of hydrogen-bond acceptors (Lipinski definition) is 7. The zero-order valence-electron chi connectivity index (χ0n) is 16.1. The summed E-state index contributed by atoms with van der Waals surface area (Å²) in [4.78, 5) is 26.4. The normalized spacial score (nSPS) is 20.7. The Morgan fingerprint density at radius 1 is 1.10 bits per heavy atom. The molecule has 9 heteroatoms. The van der Waals surface area contributed by atoms with Crippen molar-refractivity contribution in [2.75, 3.05) is 24.7 Å². The summed E-state index contributed by atoms with van der Waals surface area (Å²) < 4.78 is 34.1. The van der Waals surface area contributed by atoms with Crippen LogP contribution in [0.15, 0.2) is 24.3 Å². The van der Waals surface area contributed by atoms with Gasteiger partial charge >= 0.3 is 5.97 Å². The van der Waals surface area contributed by atoms with Gasteiger partial charge in [0, 0.05) is 12.1 Å². The van der Waals surface area contributed by atoms with Crippen LogP contribution >= 0.6 is 0 Å². The second kappa shape index (κ2) is 9.27. The standard InChI is InChI=1S/C20H24N2O6S/c21-11-15-5-1-4-8-18(15)27-13-20(24)28-12-19(23)22(16-6-2-3-7-16)17-9-10-29(25,26)14-17/h1,4-5,8,16-17H,2-3,6-7,9-10,12-14H2/t17-/m1/s1. The van der Waals surface area contributed by atoms with Crippen LogP contribution in [0.25, 0.3) is 0 Å². The molecule has 0 bridgehead atoms. The highest BCUT2D eigenvalue weighted by molar-refractivity contribution is 7.91. The summed E-state index contributed by atoms with van der Waals surface area (Å²) in [6.07, 6.45) is 4.10. The quantitative estimate of drug-likeness (QED) is 0.613. The number of rotatable bonds is 7. The number of carbonyl (C=O) groups is 2. The van der Waals surface area contributed by atoms with Crippen LogP contribution in [0.3, 0.4) is 0 Å². The lowest BCUT2D eigenvalue weighted by atomic mass is 10.1. The maximum Gasteiger partial charge on any atom is 0.344 e. The summed E-state index contributed by atoms with van der Waals surface area (Å²) in [6.45, 7) is -0.873. The highest BCUT2D eigenvalue weighted by atomic mass is 32.2. The lowest BCUT2D eigenvalue weighted by molar-refractivity contribution is -0.155. The number of hydrogen-bond donors (Lipinski definition) is 0. The number of ether oxygens (including phenoxy) is 2. The molecule has 1 atom stereocenters. The van der Waals surface area contributed by atoms with Crippen molar-refractivity contribution in [3.63, 3.8) is 0 Å². The van der Waals surface area contributed by atoms with Crippen molar-refractivity contribution in [3.05, 3.63) is 29.8 Å². The minimum absolute atomic E-state index is 0.00161. The average molecular weight is 420 g/mol. The largest absolute Gasteiger partial charge is 0.481 e. The average Bonchev–Trinajstić information content (AvgIpc) is 3.35. The van der Waals surface area contributed by atoms with Gasteiger partial charge in [0.05, 0.1) is 17.1 Å². The molecule has 0 aromatic heterocycles. The number of nitriles is 1. The molecule has 156 valence electrons. The van der Waals surface area contributed by atoms with Crippen molar-refractivity contribution < 1.29 is 27.5 Å². The zero-order chi connectivity index (χ0) is 20.9. The fraction of sp³-hybridized carbons (Fsp3) is 0.550. The maximum absolute atomic E-state index is 12.8. The number of para-hydroxylation sites is 1. The molecular formula is C20H24N2O6S. The molecule has 8 nitrogen and oxygen atoms in total. The van der Waals surface area contributed by atoms with E-state index in [-0.39, 0.29) is 35.2 Å². The summed E-state index contributed by atoms with van der Waals surface area (Å²) in [7, 11) is -3.13. The molecule has 1 amide bonds. The van der Waals surface area contributed by atoms with E-state index in [1.54, 1.807) is 29.2 Å².